The van der Waals surface area contributed by atoms with E-state index in [1.165, 1.54) is 66.7 Å². The Bertz CT molecular complexity index is 3240. The van der Waals surface area contributed by atoms with E-state index in [-0.39, 0.29) is 5.41 Å². The third-order valence-electron chi connectivity index (χ3n) is 13.5. The number of fused-ring (bicyclic) bond motifs is 9. The van der Waals surface area contributed by atoms with Gasteiger partial charge < -0.3 is 14.5 Å². The van der Waals surface area contributed by atoms with E-state index in [1.54, 1.807) is 0 Å². The molecule has 0 aromatic heterocycles. The van der Waals surface area contributed by atoms with Crippen molar-refractivity contribution < 1.29 is 4.74 Å². The lowest BCUT2D eigenvalue weighted by molar-refractivity contribution is 0.472. The summed E-state index contributed by atoms with van der Waals surface area (Å²) in [6, 6.07) is 71.0. The minimum Gasteiger partial charge on any atom is -0.453 e. The Labute approximate surface area is 357 Å². The molecule has 3 heteroatoms. The zero-order chi connectivity index (χ0) is 41.0. The normalized spacial score (nSPS) is 14.6. The standard InChI is InChI=1S/C58H44N2O/c1-57(2)47-27-14-13-25-45(47)46-31-30-42(36-48(46)57)59(41-23-15-22-40(35-41)37-17-7-5-8-18-37)50-32-34-52-56-54(50)58(3,4)53-43(38-19-9-6-10-20-38)26-16-28-49(53)60(56)55-44-24-12-11-21-39(44)29-33-51(55)61-52/h5-36H,1-4H3. The number of hydrogen-bond acceptors (Lipinski definition) is 3. The first-order valence-electron chi connectivity index (χ1n) is 21.4. The molecule has 3 aliphatic rings. The Morgan fingerprint density at radius 1 is 0.426 bits per heavy atom. The van der Waals surface area contributed by atoms with Crippen molar-refractivity contribution >= 4 is 44.9 Å². The summed E-state index contributed by atoms with van der Waals surface area (Å²) in [5.74, 6) is 1.71. The fourth-order valence-corrected chi connectivity index (χ4v) is 10.8. The van der Waals surface area contributed by atoms with Crippen molar-refractivity contribution in [2.75, 3.05) is 9.80 Å². The predicted molar refractivity (Wildman–Crippen MR) is 254 cm³/mol. The van der Waals surface area contributed by atoms with Crippen molar-refractivity contribution in [3.8, 4) is 44.9 Å². The first-order chi connectivity index (χ1) is 29.8. The summed E-state index contributed by atoms with van der Waals surface area (Å²) in [7, 11) is 0. The first-order valence-corrected chi connectivity index (χ1v) is 21.4. The van der Waals surface area contributed by atoms with Crippen LogP contribution in [0.1, 0.15) is 49.9 Å². The van der Waals surface area contributed by atoms with Crippen LogP contribution in [0.25, 0.3) is 44.2 Å². The van der Waals surface area contributed by atoms with Crippen LogP contribution in [-0.2, 0) is 10.8 Å². The minimum atomic E-state index is -0.480. The molecule has 9 aromatic carbocycles. The van der Waals surface area contributed by atoms with Crippen LogP contribution < -0.4 is 14.5 Å². The summed E-state index contributed by atoms with van der Waals surface area (Å²) < 4.78 is 7.04. The molecule has 0 saturated carbocycles. The van der Waals surface area contributed by atoms with E-state index in [4.69, 9.17) is 4.74 Å². The molecule has 12 rings (SSSR count). The molecular formula is C58H44N2O. The van der Waals surface area contributed by atoms with Gasteiger partial charge in [-0.25, -0.2) is 0 Å². The number of anilines is 6. The van der Waals surface area contributed by atoms with Gasteiger partial charge in [0.25, 0.3) is 0 Å². The summed E-state index contributed by atoms with van der Waals surface area (Å²) in [6.45, 7) is 9.56. The lowest BCUT2D eigenvalue weighted by atomic mass is 9.69. The van der Waals surface area contributed by atoms with Gasteiger partial charge in [-0.3, -0.25) is 0 Å². The van der Waals surface area contributed by atoms with E-state index in [0.717, 1.165) is 45.3 Å². The molecule has 0 atom stereocenters. The van der Waals surface area contributed by atoms with Gasteiger partial charge in [0.1, 0.15) is 0 Å². The van der Waals surface area contributed by atoms with Crippen LogP contribution >= 0.6 is 0 Å². The Balaban J connectivity index is 1.17. The van der Waals surface area contributed by atoms with Gasteiger partial charge in [0, 0.05) is 33.2 Å². The van der Waals surface area contributed by atoms with Crippen LogP contribution in [0.3, 0.4) is 0 Å². The zero-order valence-corrected chi connectivity index (χ0v) is 34.8. The van der Waals surface area contributed by atoms with Crippen LogP contribution in [0.4, 0.5) is 34.1 Å². The van der Waals surface area contributed by atoms with Crippen molar-refractivity contribution in [3.05, 3.63) is 216 Å². The van der Waals surface area contributed by atoms with Crippen molar-refractivity contribution in [1.29, 1.82) is 0 Å². The number of rotatable bonds is 5. The quantitative estimate of drug-likeness (QED) is 0.173. The number of nitrogens with zero attached hydrogens (tertiary/aromatic N) is 2. The average molecular weight is 785 g/mol. The smallest absolute Gasteiger partial charge is 0.152 e. The Morgan fingerprint density at radius 3 is 1.90 bits per heavy atom. The van der Waals surface area contributed by atoms with Gasteiger partial charge in [0.05, 0.1) is 22.7 Å². The zero-order valence-electron chi connectivity index (χ0n) is 34.8. The SMILES string of the molecule is CC1(C)c2ccccc2-c2ccc(N(c3cccc(-c4ccccc4)c3)c3ccc4c5c3C(C)(C)c3c(-c6ccccc6)cccc3N5c3c(ccc5ccccc35)O4)cc21. The van der Waals surface area contributed by atoms with Crippen molar-refractivity contribution in [2.24, 2.45) is 0 Å². The summed E-state index contributed by atoms with van der Waals surface area (Å²) in [6.07, 6.45) is 0. The molecule has 1 aliphatic carbocycles. The van der Waals surface area contributed by atoms with E-state index in [2.05, 4.69) is 232 Å². The maximum absolute atomic E-state index is 7.04. The lowest BCUT2D eigenvalue weighted by Gasteiger charge is -2.48. The molecule has 9 aromatic rings. The van der Waals surface area contributed by atoms with E-state index >= 15 is 0 Å². The Morgan fingerprint density at radius 2 is 1.07 bits per heavy atom. The van der Waals surface area contributed by atoms with Gasteiger partial charge in [0.2, 0.25) is 0 Å². The molecule has 292 valence electrons. The van der Waals surface area contributed by atoms with Gasteiger partial charge >= 0.3 is 0 Å². The monoisotopic (exact) mass is 784 g/mol. The Kier molecular flexibility index (Phi) is 7.62. The van der Waals surface area contributed by atoms with Crippen molar-refractivity contribution in [3.63, 3.8) is 0 Å². The second-order valence-electron chi connectivity index (χ2n) is 17.7. The molecule has 0 unspecified atom stereocenters. The highest BCUT2D eigenvalue weighted by Gasteiger charge is 2.46. The molecule has 0 bridgehead atoms. The molecule has 2 heterocycles. The minimum absolute atomic E-state index is 0.165. The van der Waals surface area contributed by atoms with Gasteiger partial charge in [-0.05, 0) is 104 Å². The number of benzene rings is 9. The second kappa shape index (κ2) is 13.1. The lowest BCUT2D eigenvalue weighted by Crippen LogP contribution is -2.34. The molecule has 0 radical (unpaired) electrons. The Hall–Kier alpha value is -7.36. The van der Waals surface area contributed by atoms with E-state index in [9.17, 15) is 0 Å². The van der Waals surface area contributed by atoms with Gasteiger partial charge in [0.15, 0.2) is 11.5 Å². The molecule has 0 amide bonds. The molecule has 0 spiro atoms. The molecular weight excluding hydrogens is 741 g/mol. The molecule has 0 saturated heterocycles. The van der Waals surface area contributed by atoms with Gasteiger partial charge in [-0.1, -0.05) is 173 Å². The first kappa shape index (κ1) is 35.6. The summed E-state index contributed by atoms with van der Waals surface area (Å²) in [5, 5.41) is 2.34. The third kappa shape index (κ3) is 5.17. The van der Waals surface area contributed by atoms with Crippen LogP contribution in [0.5, 0.6) is 11.5 Å². The number of hydrogen-bond donors (Lipinski definition) is 0. The molecule has 3 nitrogen and oxygen atoms in total. The molecule has 2 aliphatic heterocycles. The molecule has 0 fully saturated rings. The topological polar surface area (TPSA) is 15.7 Å². The maximum Gasteiger partial charge on any atom is 0.152 e. The predicted octanol–water partition coefficient (Wildman–Crippen LogP) is 16.2. The van der Waals surface area contributed by atoms with Crippen LogP contribution in [0.15, 0.2) is 194 Å². The third-order valence-corrected chi connectivity index (χ3v) is 13.5. The summed E-state index contributed by atoms with van der Waals surface area (Å²) in [4.78, 5) is 5.03. The van der Waals surface area contributed by atoms with E-state index < -0.39 is 5.41 Å². The van der Waals surface area contributed by atoms with Crippen LogP contribution in [-0.4, -0.2) is 0 Å². The van der Waals surface area contributed by atoms with Crippen LogP contribution in [0, 0.1) is 0 Å². The largest absolute Gasteiger partial charge is 0.453 e. The fraction of sp³-hybridized carbons (Fsp3) is 0.103. The second-order valence-corrected chi connectivity index (χ2v) is 17.7. The number of ether oxygens (including phenoxy) is 1. The van der Waals surface area contributed by atoms with E-state index in [0.29, 0.717) is 0 Å². The van der Waals surface area contributed by atoms with E-state index in [1.807, 2.05) is 0 Å². The van der Waals surface area contributed by atoms with Crippen LogP contribution in [0.2, 0.25) is 0 Å². The highest BCUT2D eigenvalue weighted by Crippen LogP contribution is 2.65. The van der Waals surface area contributed by atoms with Crippen molar-refractivity contribution in [2.45, 2.75) is 38.5 Å². The highest BCUT2D eigenvalue weighted by molar-refractivity contribution is 6.08. The fourth-order valence-electron chi connectivity index (χ4n) is 10.8. The summed E-state index contributed by atoms with van der Waals surface area (Å²) in [5.41, 5.74) is 18.6. The highest BCUT2D eigenvalue weighted by atomic mass is 16.5. The van der Waals surface area contributed by atoms with Gasteiger partial charge in [-0.2, -0.15) is 0 Å². The maximum atomic E-state index is 7.04. The summed E-state index contributed by atoms with van der Waals surface area (Å²) >= 11 is 0. The average Bonchev–Trinajstić information content (AvgIpc) is 3.53. The molecule has 0 N–H and O–H groups in total. The van der Waals surface area contributed by atoms with Crippen molar-refractivity contribution in [1.82, 2.24) is 0 Å². The molecule has 61 heavy (non-hydrogen) atoms. The van der Waals surface area contributed by atoms with Gasteiger partial charge in [-0.15, -0.1) is 0 Å².